The van der Waals surface area contributed by atoms with Crippen LogP contribution in [0.4, 0.5) is 8.78 Å². The molecule has 106 valence electrons. The molecule has 0 radical (unpaired) electrons. The van der Waals surface area contributed by atoms with Crippen molar-refractivity contribution in [2.75, 3.05) is 6.54 Å². The number of fused-ring (bicyclic) bond motifs is 1. The molecule has 0 aliphatic carbocycles. The molecule has 0 spiro atoms. The standard InChI is InChI=1S/C13H13F2N3OS/c14-12(15)11-9(3-5-20-11)13(19)18-4-1-2-10-8(7-18)6-16-17-10/h3,5-6,12H,1-2,4,7H2,(H,16,17). The van der Waals surface area contributed by atoms with E-state index in [4.69, 9.17) is 0 Å². The molecule has 2 aromatic rings. The van der Waals surface area contributed by atoms with Crippen molar-refractivity contribution in [2.45, 2.75) is 25.8 Å². The molecule has 0 fully saturated rings. The maximum atomic E-state index is 12.9. The first kappa shape index (κ1) is 13.2. The molecule has 20 heavy (non-hydrogen) atoms. The number of nitrogens with zero attached hydrogens (tertiary/aromatic N) is 2. The summed E-state index contributed by atoms with van der Waals surface area (Å²) in [6, 6.07) is 1.48. The number of carbonyl (C=O) groups is 1. The van der Waals surface area contributed by atoms with E-state index in [2.05, 4.69) is 10.2 Å². The van der Waals surface area contributed by atoms with Crippen LogP contribution in [0.1, 0.15) is 39.3 Å². The Labute approximate surface area is 118 Å². The van der Waals surface area contributed by atoms with Gasteiger partial charge in [0.25, 0.3) is 12.3 Å². The number of aromatic amines is 1. The van der Waals surface area contributed by atoms with E-state index >= 15 is 0 Å². The van der Waals surface area contributed by atoms with E-state index in [9.17, 15) is 13.6 Å². The number of H-pyrrole nitrogens is 1. The molecular weight excluding hydrogens is 284 g/mol. The third-order valence-corrected chi connectivity index (χ3v) is 4.36. The van der Waals surface area contributed by atoms with Gasteiger partial charge in [0.2, 0.25) is 0 Å². The monoisotopic (exact) mass is 297 g/mol. The van der Waals surface area contributed by atoms with Crippen LogP contribution in [0.25, 0.3) is 0 Å². The number of alkyl halides is 2. The lowest BCUT2D eigenvalue weighted by atomic mass is 10.2. The van der Waals surface area contributed by atoms with E-state index in [1.807, 2.05) is 0 Å². The van der Waals surface area contributed by atoms with Crippen LogP contribution >= 0.6 is 11.3 Å². The van der Waals surface area contributed by atoms with Crippen LogP contribution in [0.15, 0.2) is 17.6 Å². The number of amides is 1. The van der Waals surface area contributed by atoms with E-state index in [-0.39, 0.29) is 16.3 Å². The number of aromatic nitrogens is 2. The Balaban J connectivity index is 1.85. The number of hydrogen-bond acceptors (Lipinski definition) is 3. The fourth-order valence-corrected chi connectivity index (χ4v) is 3.17. The minimum Gasteiger partial charge on any atom is -0.334 e. The molecule has 0 aromatic carbocycles. The summed E-state index contributed by atoms with van der Waals surface area (Å²) in [6.45, 7) is 0.989. The number of rotatable bonds is 2. The minimum atomic E-state index is -2.61. The quantitative estimate of drug-likeness (QED) is 0.926. The van der Waals surface area contributed by atoms with Crippen molar-refractivity contribution in [3.05, 3.63) is 39.3 Å². The predicted molar refractivity (Wildman–Crippen MR) is 70.9 cm³/mol. The van der Waals surface area contributed by atoms with Crippen molar-refractivity contribution in [1.29, 1.82) is 0 Å². The van der Waals surface area contributed by atoms with E-state index < -0.39 is 6.43 Å². The van der Waals surface area contributed by atoms with Gasteiger partial charge in [0.15, 0.2) is 0 Å². The number of nitrogens with one attached hydrogen (secondary N) is 1. The van der Waals surface area contributed by atoms with E-state index in [1.54, 1.807) is 11.1 Å². The van der Waals surface area contributed by atoms with Gasteiger partial charge in [-0.15, -0.1) is 11.3 Å². The molecule has 7 heteroatoms. The highest BCUT2D eigenvalue weighted by atomic mass is 32.1. The average molecular weight is 297 g/mol. The molecule has 1 aliphatic heterocycles. The molecule has 1 N–H and O–H groups in total. The van der Waals surface area contributed by atoms with Crippen LogP contribution < -0.4 is 0 Å². The SMILES string of the molecule is O=C(c1ccsc1C(F)F)N1CCCc2[nH]ncc2C1. The summed E-state index contributed by atoms with van der Waals surface area (Å²) in [6.07, 6.45) is 0.715. The molecule has 1 aliphatic rings. The highest BCUT2D eigenvalue weighted by molar-refractivity contribution is 7.10. The van der Waals surface area contributed by atoms with E-state index in [0.717, 1.165) is 35.4 Å². The van der Waals surface area contributed by atoms with Crippen LogP contribution in [0.3, 0.4) is 0 Å². The lowest BCUT2D eigenvalue weighted by molar-refractivity contribution is 0.0736. The summed E-state index contributed by atoms with van der Waals surface area (Å²) in [7, 11) is 0. The topological polar surface area (TPSA) is 49.0 Å². The highest BCUT2D eigenvalue weighted by Crippen LogP contribution is 2.30. The zero-order valence-electron chi connectivity index (χ0n) is 10.6. The Hall–Kier alpha value is -1.76. The van der Waals surface area contributed by atoms with Gasteiger partial charge in [-0.3, -0.25) is 9.89 Å². The molecule has 2 aromatic heterocycles. The smallest absolute Gasteiger partial charge is 0.273 e. The third kappa shape index (κ3) is 2.33. The molecule has 0 saturated heterocycles. The third-order valence-electron chi connectivity index (χ3n) is 3.43. The Kier molecular flexibility index (Phi) is 3.52. The molecule has 0 bridgehead atoms. The Bertz CT molecular complexity index is 623. The fourth-order valence-electron chi connectivity index (χ4n) is 2.43. The maximum absolute atomic E-state index is 12.9. The molecule has 0 atom stereocenters. The molecule has 3 heterocycles. The van der Waals surface area contributed by atoms with Gasteiger partial charge in [-0.2, -0.15) is 5.10 Å². The van der Waals surface area contributed by atoms with Gasteiger partial charge < -0.3 is 4.90 Å². The lowest BCUT2D eigenvalue weighted by Gasteiger charge is -2.20. The van der Waals surface area contributed by atoms with Crippen LogP contribution in [-0.2, 0) is 13.0 Å². The van der Waals surface area contributed by atoms with Gasteiger partial charge >= 0.3 is 0 Å². The first-order chi connectivity index (χ1) is 9.66. The second kappa shape index (κ2) is 5.32. The van der Waals surface area contributed by atoms with E-state index in [1.165, 1.54) is 11.4 Å². The van der Waals surface area contributed by atoms with Crippen LogP contribution in [0, 0.1) is 0 Å². The van der Waals surface area contributed by atoms with E-state index in [0.29, 0.717) is 13.1 Å². The van der Waals surface area contributed by atoms with Gasteiger partial charge in [0.05, 0.1) is 16.6 Å². The van der Waals surface area contributed by atoms with Gasteiger partial charge in [-0.25, -0.2) is 8.78 Å². The normalized spacial score (nSPS) is 15.2. The first-order valence-corrected chi connectivity index (χ1v) is 7.20. The molecule has 4 nitrogen and oxygen atoms in total. The van der Waals surface area contributed by atoms with Crippen LogP contribution in [0.5, 0.6) is 0 Å². The number of thiophene rings is 1. The molecular formula is C13H13F2N3OS. The molecule has 0 saturated carbocycles. The second-order valence-electron chi connectivity index (χ2n) is 4.70. The van der Waals surface area contributed by atoms with Crippen molar-refractivity contribution < 1.29 is 13.6 Å². The zero-order valence-corrected chi connectivity index (χ0v) is 11.4. The first-order valence-electron chi connectivity index (χ1n) is 6.32. The van der Waals surface area contributed by atoms with Crippen molar-refractivity contribution in [1.82, 2.24) is 15.1 Å². The van der Waals surface area contributed by atoms with Crippen LogP contribution in [0.2, 0.25) is 0 Å². The maximum Gasteiger partial charge on any atom is 0.273 e. The summed E-state index contributed by atoms with van der Waals surface area (Å²) in [5.74, 6) is -0.324. The predicted octanol–water partition coefficient (Wildman–Crippen LogP) is 3.00. The Morgan fingerprint density at radius 3 is 3.15 bits per heavy atom. The molecule has 0 unspecified atom stereocenters. The summed E-state index contributed by atoms with van der Waals surface area (Å²) < 4.78 is 25.8. The summed E-state index contributed by atoms with van der Waals surface area (Å²) >= 11 is 0.926. The number of halogens is 2. The van der Waals surface area contributed by atoms with Crippen molar-refractivity contribution >= 4 is 17.2 Å². The number of aryl methyl sites for hydroxylation is 1. The van der Waals surface area contributed by atoms with Gasteiger partial charge in [-0.05, 0) is 24.3 Å². The van der Waals surface area contributed by atoms with Crippen molar-refractivity contribution in [3.63, 3.8) is 0 Å². The number of carbonyl (C=O) groups excluding carboxylic acids is 1. The Morgan fingerprint density at radius 1 is 1.50 bits per heavy atom. The van der Waals surface area contributed by atoms with Crippen molar-refractivity contribution in [2.24, 2.45) is 0 Å². The van der Waals surface area contributed by atoms with Gasteiger partial charge in [-0.1, -0.05) is 0 Å². The Morgan fingerprint density at radius 2 is 2.35 bits per heavy atom. The van der Waals surface area contributed by atoms with Gasteiger partial charge in [0.1, 0.15) is 0 Å². The summed E-state index contributed by atoms with van der Waals surface area (Å²) in [5.41, 5.74) is 2.11. The number of hydrogen-bond donors (Lipinski definition) is 1. The fraction of sp³-hybridized carbons (Fsp3) is 0.385. The molecule has 1 amide bonds. The largest absolute Gasteiger partial charge is 0.334 e. The average Bonchev–Trinajstić information content (AvgIpc) is 3.03. The minimum absolute atomic E-state index is 0.122. The van der Waals surface area contributed by atoms with Gasteiger partial charge in [0, 0.05) is 24.3 Å². The zero-order chi connectivity index (χ0) is 14.1. The summed E-state index contributed by atoms with van der Waals surface area (Å²) in [5, 5.41) is 8.42. The highest BCUT2D eigenvalue weighted by Gasteiger charge is 2.26. The lowest BCUT2D eigenvalue weighted by Crippen LogP contribution is -2.31. The van der Waals surface area contributed by atoms with Crippen molar-refractivity contribution in [3.8, 4) is 0 Å². The second-order valence-corrected chi connectivity index (χ2v) is 5.65. The van der Waals surface area contributed by atoms with Crippen LogP contribution in [-0.4, -0.2) is 27.5 Å². The molecule has 3 rings (SSSR count). The summed E-state index contributed by atoms with van der Waals surface area (Å²) in [4.78, 5) is 13.9.